The third-order valence-electron chi connectivity index (χ3n) is 3.38. The number of hydrogen-bond donors (Lipinski definition) is 1. The molecule has 0 atom stereocenters. The predicted octanol–water partition coefficient (Wildman–Crippen LogP) is 3.14. The minimum absolute atomic E-state index is 0.0946. The Morgan fingerprint density at radius 3 is 2.52 bits per heavy atom. The number of hydrogen-bond acceptors (Lipinski definition) is 4. The van der Waals surface area contributed by atoms with E-state index in [4.69, 9.17) is 4.74 Å². The fourth-order valence-corrected chi connectivity index (χ4v) is 2.18. The summed E-state index contributed by atoms with van der Waals surface area (Å²) < 4.78 is 5.26. The van der Waals surface area contributed by atoms with Gasteiger partial charge in [-0.1, -0.05) is 0 Å². The largest absolute Gasteiger partial charge is 0.383 e. The van der Waals surface area contributed by atoms with E-state index in [9.17, 15) is 0 Å². The van der Waals surface area contributed by atoms with E-state index in [0.717, 1.165) is 25.4 Å². The second-order valence-corrected chi connectivity index (χ2v) is 6.84. The van der Waals surface area contributed by atoms with Crippen molar-refractivity contribution < 1.29 is 4.74 Å². The van der Waals surface area contributed by atoms with E-state index in [0.29, 0.717) is 6.04 Å². The van der Waals surface area contributed by atoms with Crippen LogP contribution in [0.1, 0.15) is 45.9 Å². The van der Waals surface area contributed by atoms with Gasteiger partial charge in [-0.25, -0.2) is 0 Å². The van der Waals surface area contributed by atoms with E-state index in [2.05, 4.69) is 55.9 Å². The fourth-order valence-electron chi connectivity index (χ4n) is 2.18. The van der Waals surface area contributed by atoms with Crippen molar-refractivity contribution in [1.82, 2.24) is 10.3 Å². The van der Waals surface area contributed by atoms with Crippen LogP contribution in [0.2, 0.25) is 0 Å². The summed E-state index contributed by atoms with van der Waals surface area (Å²) in [5.74, 6) is 0. The zero-order valence-electron chi connectivity index (χ0n) is 14.7. The average Bonchev–Trinajstić information content (AvgIpc) is 2.36. The van der Waals surface area contributed by atoms with Gasteiger partial charge < -0.3 is 15.0 Å². The molecule has 0 bridgehead atoms. The maximum Gasteiger partial charge on any atom is 0.0637 e. The molecule has 0 saturated heterocycles. The molecule has 0 saturated carbocycles. The number of ether oxygens (including phenoxy) is 1. The number of nitrogens with one attached hydrogen (secondary N) is 1. The van der Waals surface area contributed by atoms with Crippen molar-refractivity contribution in [2.24, 2.45) is 0 Å². The zero-order valence-corrected chi connectivity index (χ0v) is 14.7. The van der Waals surface area contributed by atoms with Crippen molar-refractivity contribution in [3.63, 3.8) is 0 Å². The van der Waals surface area contributed by atoms with Gasteiger partial charge in [-0.05, 0) is 47.6 Å². The summed E-state index contributed by atoms with van der Waals surface area (Å²) in [6, 6.07) is 2.60. The summed E-state index contributed by atoms with van der Waals surface area (Å²) in [6.45, 7) is 15.4. The fraction of sp³-hybridized carbons (Fsp3) is 0.706. The molecule has 0 aliphatic heterocycles. The summed E-state index contributed by atoms with van der Waals surface area (Å²) >= 11 is 0. The third kappa shape index (κ3) is 6.02. The van der Waals surface area contributed by atoms with Gasteiger partial charge in [0.1, 0.15) is 0 Å². The van der Waals surface area contributed by atoms with Crippen molar-refractivity contribution in [1.29, 1.82) is 0 Å². The lowest BCUT2D eigenvalue weighted by Gasteiger charge is -2.31. The van der Waals surface area contributed by atoms with Crippen LogP contribution < -0.4 is 10.2 Å². The Kier molecular flexibility index (Phi) is 6.62. The number of aromatic nitrogens is 1. The Bertz CT molecular complexity index is 438. The Morgan fingerprint density at radius 2 is 2.00 bits per heavy atom. The molecule has 4 heteroatoms. The smallest absolute Gasteiger partial charge is 0.0637 e. The van der Waals surface area contributed by atoms with Gasteiger partial charge in [0.15, 0.2) is 0 Å². The lowest BCUT2D eigenvalue weighted by atomic mass is 10.1. The van der Waals surface area contributed by atoms with E-state index in [-0.39, 0.29) is 5.54 Å². The maximum atomic E-state index is 5.26. The second kappa shape index (κ2) is 7.76. The lowest BCUT2D eigenvalue weighted by Crippen LogP contribution is -2.38. The highest BCUT2D eigenvalue weighted by Gasteiger charge is 2.17. The molecule has 0 spiro atoms. The molecule has 0 radical (unpaired) electrons. The molecule has 0 aliphatic carbocycles. The number of anilines is 1. The van der Waals surface area contributed by atoms with Crippen LogP contribution in [0.5, 0.6) is 0 Å². The molecule has 1 aromatic rings. The Morgan fingerprint density at radius 1 is 1.33 bits per heavy atom. The maximum absolute atomic E-state index is 5.26. The molecular weight excluding hydrogens is 262 g/mol. The molecule has 1 heterocycles. The van der Waals surface area contributed by atoms with Crippen molar-refractivity contribution in [2.45, 2.75) is 59.7 Å². The Hall–Kier alpha value is -1.13. The van der Waals surface area contributed by atoms with Crippen LogP contribution in [0.4, 0.5) is 5.69 Å². The Labute approximate surface area is 129 Å². The number of rotatable bonds is 7. The van der Waals surface area contributed by atoms with Crippen LogP contribution in [-0.4, -0.2) is 36.8 Å². The van der Waals surface area contributed by atoms with E-state index in [1.165, 1.54) is 11.3 Å². The van der Waals surface area contributed by atoms with Gasteiger partial charge >= 0.3 is 0 Å². The Balaban J connectivity index is 3.03. The van der Waals surface area contributed by atoms with Crippen LogP contribution in [0.15, 0.2) is 12.3 Å². The quantitative estimate of drug-likeness (QED) is 0.838. The van der Waals surface area contributed by atoms with E-state index in [1.54, 1.807) is 7.11 Å². The molecule has 0 fully saturated rings. The highest BCUT2D eigenvalue weighted by atomic mass is 16.5. The van der Waals surface area contributed by atoms with Crippen LogP contribution >= 0.6 is 0 Å². The van der Waals surface area contributed by atoms with Crippen molar-refractivity contribution in [3.05, 3.63) is 23.5 Å². The normalized spacial score (nSPS) is 12.0. The van der Waals surface area contributed by atoms with Gasteiger partial charge in [0, 0.05) is 54.9 Å². The summed E-state index contributed by atoms with van der Waals surface area (Å²) in [4.78, 5) is 6.85. The van der Waals surface area contributed by atoms with E-state index in [1.807, 2.05) is 13.1 Å². The molecule has 4 nitrogen and oxygen atoms in total. The van der Waals surface area contributed by atoms with Crippen LogP contribution in [0.3, 0.4) is 0 Å². The SMILES string of the molecule is COCCN(c1cc(C)ncc1CNC(C)(C)C)C(C)C. The summed E-state index contributed by atoms with van der Waals surface area (Å²) in [7, 11) is 1.75. The summed E-state index contributed by atoms with van der Waals surface area (Å²) in [6.07, 6.45) is 1.99. The van der Waals surface area contributed by atoms with Crippen LogP contribution in [0, 0.1) is 6.92 Å². The predicted molar refractivity (Wildman–Crippen MR) is 89.9 cm³/mol. The highest BCUT2D eigenvalue weighted by molar-refractivity contribution is 5.54. The third-order valence-corrected chi connectivity index (χ3v) is 3.38. The summed E-state index contributed by atoms with van der Waals surface area (Å²) in [5.41, 5.74) is 3.64. The van der Waals surface area contributed by atoms with Crippen LogP contribution in [-0.2, 0) is 11.3 Å². The molecule has 1 N–H and O–H groups in total. The first kappa shape index (κ1) is 17.9. The van der Waals surface area contributed by atoms with Gasteiger partial charge in [-0.2, -0.15) is 0 Å². The first-order valence-electron chi connectivity index (χ1n) is 7.70. The van der Waals surface area contributed by atoms with Crippen molar-refractivity contribution in [2.75, 3.05) is 25.2 Å². The van der Waals surface area contributed by atoms with E-state index < -0.39 is 0 Å². The molecular formula is C17H31N3O. The summed E-state index contributed by atoms with van der Waals surface area (Å²) in [5, 5.41) is 3.55. The van der Waals surface area contributed by atoms with Crippen LogP contribution in [0.25, 0.3) is 0 Å². The van der Waals surface area contributed by atoms with Gasteiger partial charge in [0.25, 0.3) is 0 Å². The minimum Gasteiger partial charge on any atom is -0.383 e. The van der Waals surface area contributed by atoms with Crippen molar-refractivity contribution in [3.8, 4) is 0 Å². The molecule has 1 aromatic heterocycles. The molecule has 0 amide bonds. The van der Waals surface area contributed by atoms with Gasteiger partial charge in [-0.3, -0.25) is 4.98 Å². The number of nitrogens with zero attached hydrogens (tertiary/aromatic N) is 2. The lowest BCUT2D eigenvalue weighted by molar-refractivity contribution is 0.203. The molecule has 21 heavy (non-hydrogen) atoms. The molecule has 0 aliphatic rings. The topological polar surface area (TPSA) is 37.4 Å². The highest BCUT2D eigenvalue weighted by Crippen LogP contribution is 2.23. The molecule has 0 unspecified atom stereocenters. The van der Waals surface area contributed by atoms with Gasteiger partial charge in [0.05, 0.1) is 6.61 Å². The number of pyridine rings is 1. The standard InChI is InChI=1S/C17H31N3O/c1-13(2)20(8-9-21-7)16-10-14(3)18-11-15(16)12-19-17(4,5)6/h10-11,13,19H,8-9,12H2,1-7H3. The monoisotopic (exact) mass is 293 g/mol. The van der Waals surface area contributed by atoms with Gasteiger partial charge in [0.2, 0.25) is 0 Å². The average molecular weight is 293 g/mol. The van der Waals surface area contributed by atoms with Crippen molar-refractivity contribution >= 4 is 5.69 Å². The molecule has 120 valence electrons. The number of methoxy groups -OCH3 is 1. The zero-order chi connectivity index (χ0) is 16.0. The first-order chi connectivity index (χ1) is 9.74. The molecule has 0 aromatic carbocycles. The second-order valence-electron chi connectivity index (χ2n) is 6.84. The van der Waals surface area contributed by atoms with E-state index >= 15 is 0 Å². The first-order valence-corrected chi connectivity index (χ1v) is 7.70. The molecule has 1 rings (SSSR count). The van der Waals surface area contributed by atoms with Gasteiger partial charge in [-0.15, -0.1) is 0 Å². The number of aryl methyl sites for hydroxylation is 1. The minimum atomic E-state index is 0.0946.